The molecule has 2 fully saturated rings. The molecular weight excluding hydrogens is 428 g/mol. The van der Waals surface area contributed by atoms with Gasteiger partial charge in [0.1, 0.15) is 0 Å². The van der Waals surface area contributed by atoms with Gasteiger partial charge in [0.05, 0.1) is 11.7 Å². The molecule has 0 heterocycles. The zero-order valence-electron chi connectivity index (χ0n) is 22.7. The van der Waals surface area contributed by atoms with E-state index in [2.05, 4.69) is 86.5 Å². The van der Waals surface area contributed by atoms with Crippen LogP contribution in [-0.4, -0.2) is 34.1 Å². The zero-order chi connectivity index (χ0) is 24.6. The molecule has 2 aliphatic carbocycles. The first kappa shape index (κ1) is 27.7. The molecule has 0 aromatic carbocycles. The van der Waals surface area contributed by atoms with Crippen molar-refractivity contribution in [3.05, 3.63) is 24.3 Å². The van der Waals surface area contributed by atoms with Crippen LogP contribution in [0.2, 0.25) is 36.3 Å². The molecule has 0 bridgehead atoms. The van der Waals surface area contributed by atoms with E-state index in [0.29, 0.717) is 12.0 Å². The molecule has 2 rings (SSSR count). The van der Waals surface area contributed by atoms with Gasteiger partial charge in [0.15, 0.2) is 22.4 Å². The van der Waals surface area contributed by atoms with Crippen LogP contribution in [0.3, 0.4) is 0 Å². The van der Waals surface area contributed by atoms with E-state index in [1.54, 1.807) is 0 Å². The Labute approximate surface area is 200 Å². The van der Waals surface area contributed by atoms with Gasteiger partial charge in [0.2, 0.25) is 0 Å². The van der Waals surface area contributed by atoms with E-state index in [1.807, 2.05) is 0 Å². The molecule has 2 saturated carbocycles. The average molecular weight is 479 g/mol. The van der Waals surface area contributed by atoms with Gasteiger partial charge in [-0.15, -0.1) is 0 Å². The summed E-state index contributed by atoms with van der Waals surface area (Å²) in [5, 5.41) is 0.326. The normalized spacial score (nSPS) is 25.7. The Morgan fingerprint density at radius 2 is 1.50 bits per heavy atom. The number of hydrogen-bond donors (Lipinski definition) is 0. The van der Waals surface area contributed by atoms with Gasteiger partial charge in [-0.3, -0.25) is 4.79 Å². The molecule has 0 radical (unpaired) electrons. The zero-order valence-corrected chi connectivity index (χ0v) is 24.7. The second-order valence-corrected chi connectivity index (χ2v) is 22.8. The highest BCUT2D eigenvalue weighted by Gasteiger charge is 2.46. The smallest absolute Gasteiger partial charge is 0.192 e. The van der Waals surface area contributed by atoms with Crippen molar-refractivity contribution in [2.24, 2.45) is 5.92 Å². The van der Waals surface area contributed by atoms with Crippen molar-refractivity contribution in [3.63, 3.8) is 0 Å². The molecule has 32 heavy (non-hydrogen) atoms. The van der Waals surface area contributed by atoms with Crippen LogP contribution >= 0.6 is 0 Å². The summed E-state index contributed by atoms with van der Waals surface area (Å²) in [7, 11) is -3.82. The molecule has 2 atom stereocenters. The van der Waals surface area contributed by atoms with Gasteiger partial charge in [-0.05, 0) is 61.1 Å². The molecule has 0 amide bonds. The van der Waals surface area contributed by atoms with Gasteiger partial charge >= 0.3 is 0 Å². The second-order valence-electron chi connectivity index (χ2n) is 13.3. The lowest BCUT2D eigenvalue weighted by Gasteiger charge is -2.47. The molecule has 0 aromatic rings. The fourth-order valence-electron chi connectivity index (χ4n) is 4.43. The molecule has 5 heteroatoms. The monoisotopic (exact) mass is 478 g/mol. The van der Waals surface area contributed by atoms with Crippen LogP contribution in [-0.2, 0) is 13.6 Å². The molecule has 3 nitrogen and oxygen atoms in total. The standard InChI is InChI=1S/C27H50O3Si2/c1-21-22(24(20-23(21)28)29-31(8,9)25(2,3)4)16-15-19-27(17-13-12-14-18-27)30-32(10,11)26(5,6)7/h15-16,22,24H,1,12-14,17-20H2,2-11H3/t22-,24-/m1/s1. The van der Waals surface area contributed by atoms with Crippen molar-refractivity contribution >= 4 is 22.4 Å². The van der Waals surface area contributed by atoms with Crippen molar-refractivity contribution in [2.45, 2.75) is 134 Å². The maximum absolute atomic E-state index is 12.5. The summed E-state index contributed by atoms with van der Waals surface area (Å²) in [4.78, 5) is 12.5. The van der Waals surface area contributed by atoms with Gasteiger partial charge in [-0.2, -0.15) is 0 Å². The number of Topliss-reactive ketones (excluding diaryl/α,β-unsaturated/α-hetero) is 1. The van der Waals surface area contributed by atoms with E-state index >= 15 is 0 Å². The molecule has 2 aliphatic rings. The Balaban J connectivity index is 2.20. The molecule has 184 valence electrons. The van der Waals surface area contributed by atoms with Crippen LogP contribution in [0.25, 0.3) is 0 Å². The van der Waals surface area contributed by atoms with Gasteiger partial charge in [-0.25, -0.2) is 0 Å². The van der Waals surface area contributed by atoms with Crippen LogP contribution in [0.15, 0.2) is 24.3 Å². The summed E-state index contributed by atoms with van der Waals surface area (Å²) in [6, 6.07) is 0. The van der Waals surface area contributed by atoms with Crippen LogP contribution in [0.1, 0.15) is 86.5 Å². The highest BCUT2D eigenvalue weighted by Crippen LogP contribution is 2.45. The summed E-state index contributed by atoms with van der Waals surface area (Å²) >= 11 is 0. The number of carbonyl (C=O) groups excluding carboxylic acids is 1. The molecule has 0 spiro atoms. The number of rotatable bonds is 7. The second kappa shape index (κ2) is 9.63. The van der Waals surface area contributed by atoms with E-state index in [4.69, 9.17) is 8.85 Å². The third kappa shape index (κ3) is 6.34. The van der Waals surface area contributed by atoms with E-state index in [-0.39, 0.29) is 33.5 Å². The lowest BCUT2D eigenvalue weighted by molar-refractivity contribution is -0.115. The van der Waals surface area contributed by atoms with Crippen LogP contribution in [0, 0.1) is 5.92 Å². The van der Waals surface area contributed by atoms with Gasteiger partial charge < -0.3 is 8.85 Å². The van der Waals surface area contributed by atoms with Crippen LogP contribution < -0.4 is 0 Å². The fraction of sp³-hybridized carbons (Fsp3) is 0.815. The Morgan fingerprint density at radius 1 is 0.969 bits per heavy atom. The summed E-state index contributed by atoms with van der Waals surface area (Å²) in [6.45, 7) is 27.1. The Bertz CT molecular complexity index is 716. The third-order valence-electron chi connectivity index (χ3n) is 8.68. The maximum Gasteiger partial charge on any atom is 0.192 e. The average Bonchev–Trinajstić information content (AvgIpc) is 2.87. The first-order valence-corrected chi connectivity index (χ1v) is 18.5. The minimum atomic E-state index is -1.96. The Morgan fingerprint density at radius 3 is 2.00 bits per heavy atom. The van der Waals surface area contributed by atoms with E-state index in [0.717, 1.165) is 19.3 Å². The predicted octanol–water partition coefficient (Wildman–Crippen LogP) is 8.19. The van der Waals surface area contributed by atoms with Crippen molar-refractivity contribution in [1.29, 1.82) is 0 Å². The number of carbonyl (C=O) groups is 1. The summed E-state index contributed by atoms with van der Waals surface area (Å²) in [5.74, 6) is 0.151. The van der Waals surface area contributed by atoms with Crippen LogP contribution in [0.4, 0.5) is 0 Å². The molecule has 0 N–H and O–H groups in total. The lowest BCUT2D eigenvalue weighted by Crippen LogP contribution is -2.50. The summed E-state index contributed by atoms with van der Waals surface area (Å²) < 4.78 is 13.8. The Kier molecular flexibility index (Phi) is 8.35. The minimum absolute atomic E-state index is 0.00913. The maximum atomic E-state index is 12.5. The highest BCUT2D eigenvalue weighted by atomic mass is 28.4. The Hall–Kier alpha value is -0.496. The van der Waals surface area contributed by atoms with Gasteiger partial charge in [0.25, 0.3) is 0 Å². The molecule has 0 aromatic heterocycles. The quantitative estimate of drug-likeness (QED) is 0.210. The number of hydrogen-bond acceptors (Lipinski definition) is 3. The van der Waals surface area contributed by atoms with Gasteiger partial charge in [0, 0.05) is 12.3 Å². The van der Waals surface area contributed by atoms with E-state index < -0.39 is 16.6 Å². The van der Waals surface area contributed by atoms with Crippen molar-refractivity contribution < 1.29 is 13.6 Å². The minimum Gasteiger partial charge on any atom is -0.413 e. The summed E-state index contributed by atoms with van der Waals surface area (Å²) in [5.41, 5.74) is 0.658. The van der Waals surface area contributed by atoms with Crippen LogP contribution in [0.5, 0.6) is 0 Å². The van der Waals surface area contributed by atoms with Crippen molar-refractivity contribution in [1.82, 2.24) is 0 Å². The molecular formula is C27H50O3Si2. The van der Waals surface area contributed by atoms with E-state index in [9.17, 15) is 4.79 Å². The SMILES string of the molecule is C=C1C(=O)C[C@@H](O[Si](C)(C)C(C)(C)C)[C@@H]1C=CCC1(O[Si](C)(C)C(C)(C)C)CCCCC1. The largest absolute Gasteiger partial charge is 0.413 e. The predicted molar refractivity (Wildman–Crippen MR) is 142 cm³/mol. The molecule has 0 aliphatic heterocycles. The third-order valence-corrected chi connectivity index (χ3v) is 17.7. The lowest BCUT2D eigenvalue weighted by atomic mass is 9.82. The first-order valence-electron chi connectivity index (χ1n) is 12.7. The van der Waals surface area contributed by atoms with Gasteiger partial charge in [-0.1, -0.05) is 79.5 Å². The fourth-order valence-corrected chi connectivity index (χ4v) is 7.45. The highest BCUT2D eigenvalue weighted by molar-refractivity contribution is 6.74. The number of ketones is 1. The van der Waals surface area contributed by atoms with Crippen molar-refractivity contribution in [2.75, 3.05) is 0 Å². The topological polar surface area (TPSA) is 35.5 Å². The van der Waals surface area contributed by atoms with E-state index in [1.165, 1.54) is 19.3 Å². The van der Waals surface area contributed by atoms with Crippen molar-refractivity contribution in [3.8, 4) is 0 Å². The molecule has 0 unspecified atom stereocenters. The molecule has 0 saturated heterocycles. The first-order chi connectivity index (χ1) is 14.4. The summed E-state index contributed by atoms with van der Waals surface area (Å²) in [6.07, 6.45) is 11.9.